The Bertz CT molecular complexity index is 674. The summed E-state index contributed by atoms with van der Waals surface area (Å²) in [4.78, 5) is 12.5. The third kappa shape index (κ3) is 4.06. The van der Waals surface area contributed by atoms with E-state index in [9.17, 15) is 13.2 Å². The Kier molecular flexibility index (Phi) is 6.76. The molecule has 0 unspecified atom stereocenters. The van der Waals surface area contributed by atoms with Gasteiger partial charge < -0.3 is 15.8 Å². The molecule has 1 amide bonds. The molecule has 1 rings (SSSR count). The third-order valence-corrected chi connectivity index (χ3v) is 6.14. The smallest absolute Gasteiger partial charge is 0.251 e. The molecule has 0 aliphatic heterocycles. The average Bonchev–Trinajstić information content (AvgIpc) is 2.58. The summed E-state index contributed by atoms with van der Waals surface area (Å²) < 4.78 is 31.1. The van der Waals surface area contributed by atoms with E-state index in [1.54, 1.807) is 0 Å². The normalized spacial score (nSPS) is 12.3. The van der Waals surface area contributed by atoms with E-state index < -0.39 is 15.6 Å². The minimum Gasteiger partial charge on any atom is -0.495 e. The van der Waals surface area contributed by atoms with Gasteiger partial charge in [-0.05, 0) is 31.0 Å². The number of rotatable bonds is 8. The average molecular weight is 357 g/mol. The van der Waals surface area contributed by atoms with E-state index in [-0.39, 0.29) is 22.1 Å². The molecule has 136 valence electrons. The van der Waals surface area contributed by atoms with E-state index in [4.69, 9.17) is 10.5 Å². The summed E-state index contributed by atoms with van der Waals surface area (Å²) in [5.74, 6) is -0.168. The van der Waals surface area contributed by atoms with Gasteiger partial charge in [0, 0.05) is 26.2 Å². The number of amides is 1. The lowest BCUT2D eigenvalue weighted by Crippen LogP contribution is -2.52. The van der Waals surface area contributed by atoms with Gasteiger partial charge in [0.05, 0.1) is 12.6 Å². The summed E-state index contributed by atoms with van der Waals surface area (Å²) in [5.41, 5.74) is 5.55. The highest BCUT2D eigenvalue weighted by atomic mass is 32.2. The first-order valence-electron chi connectivity index (χ1n) is 7.80. The third-order valence-electron chi connectivity index (χ3n) is 4.31. The van der Waals surface area contributed by atoms with Gasteiger partial charge in [-0.3, -0.25) is 4.79 Å². The van der Waals surface area contributed by atoms with Crippen LogP contribution in [0, 0.1) is 0 Å². The number of sulfonamides is 1. The molecule has 24 heavy (non-hydrogen) atoms. The molecule has 0 bridgehead atoms. The molecule has 7 nitrogen and oxygen atoms in total. The molecular weight excluding hydrogens is 330 g/mol. The number of benzene rings is 1. The molecule has 0 aliphatic rings. The van der Waals surface area contributed by atoms with Crippen molar-refractivity contribution >= 4 is 15.9 Å². The van der Waals surface area contributed by atoms with Crippen molar-refractivity contribution in [2.45, 2.75) is 37.1 Å². The van der Waals surface area contributed by atoms with E-state index in [1.807, 2.05) is 13.8 Å². The number of carbonyl (C=O) groups excluding carboxylic acids is 1. The van der Waals surface area contributed by atoms with Crippen LogP contribution in [0.3, 0.4) is 0 Å². The Morgan fingerprint density at radius 3 is 2.29 bits per heavy atom. The molecule has 3 N–H and O–H groups in total. The Labute approximate surface area is 144 Å². The lowest BCUT2D eigenvalue weighted by atomic mass is 9.92. The highest BCUT2D eigenvalue weighted by Gasteiger charge is 2.28. The second-order valence-corrected chi connectivity index (χ2v) is 7.92. The van der Waals surface area contributed by atoms with Crippen molar-refractivity contribution < 1.29 is 17.9 Å². The van der Waals surface area contributed by atoms with Gasteiger partial charge in [0.15, 0.2) is 0 Å². The summed E-state index contributed by atoms with van der Waals surface area (Å²) in [5, 5.41) is 2.93. The summed E-state index contributed by atoms with van der Waals surface area (Å²) in [6.07, 6.45) is 1.37. The van der Waals surface area contributed by atoms with Gasteiger partial charge in [-0.2, -0.15) is 0 Å². The Balaban J connectivity index is 3.30. The number of nitrogens with two attached hydrogens (primary N) is 1. The first kappa shape index (κ1) is 20.4. The lowest BCUT2D eigenvalue weighted by Gasteiger charge is -2.31. The summed E-state index contributed by atoms with van der Waals surface area (Å²) in [6.45, 7) is 4.21. The monoisotopic (exact) mass is 357 g/mol. The molecule has 0 fully saturated rings. The van der Waals surface area contributed by atoms with Crippen molar-refractivity contribution in [1.82, 2.24) is 9.62 Å². The first-order valence-corrected chi connectivity index (χ1v) is 9.24. The molecule has 0 radical (unpaired) electrons. The second-order valence-electron chi connectivity index (χ2n) is 5.80. The number of methoxy groups -OCH3 is 1. The lowest BCUT2D eigenvalue weighted by molar-refractivity contribution is 0.0895. The fourth-order valence-electron chi connectivity index (χ4n) is 2.30. The van der Waals surface area contributed by atoms with Gasteiger partial charge in [-0.15, -0.1) is 0 Å². The van der Waals surface area contributed by atoms with Crippen molar-refractivity contribution in [1.29, 1.82) is 0 Å². The number of carbonyl (C=O) groups is 1. The van der Waals surface area contributed by atoms with Crippen LogP contribution >= 0.6 is 0 Å². The zero-order chi connectivity index (χ0) is 18.5. The zero-order valence-electron chi connectivity index (χ0n) is 14.9. The highest BCUT2D eigenvalue weighted by Crippen LogP contribution is 2.27. The maximum atomic E-state index is 12.6. The Hall–Kier alpha value is -1.64. The van der Waals surface area contributed by atoms with Crippen LogP contribution in [0.25, 0.3) is 0 Å². The van der Waals surface area contributed by atoms with Crippen LogP contribution in [0.15, 0.2) is 23.1 Å². The molecule has 8 heteroatoms. The standard InChI is InChI=1S/C16H27N3O4S/c1-6-16(7-2,11-17)18-15(20)12-8-9-13(23-5)14(10-12)24(21,22)19(3)4/h8-10H,6-7,11,17H2,1-5H3,(H,18,20). The Morgan fingerprint density at radius 2 is 1.88 bits per heavy atom. The van der Waals surface area contributed by atoms with Gasteiger partial charge in [0.25, 0.3) is 5.91 Å². The van der Waals surface area contributed by atoms with E-state index >= 15 is 0 Å². The van der Waals surface area contributed by atoms with Gasteiger partial charge in [0.1, 0.15) is 10.6 Å². The van der Waals surface area contributed by atoms with E-state index in [0.29, 0.717) is 19.4 Å². The topological polar surface area (TPSA) is 102 Å². The van der Waals surface area contributed by atoms with Crippen LogP contribution in [0.4, 0.5) is 0 Å². The molecule has 1 aromatic rings. The number of ether oxygens (including phenoxy) is 1. The molecule has 0 atom stereocenters. The van der Waals surface area contributed by atoms with Crippen LogP contribution in [0.1, 0.15) is 37.0 Å². The van der Waals surface area contributed by atoms with Gasteiger partial charge >= 0.3 is 0 Å². The first-order chi connectivity index (χ1) is 11.2. The largest absolute Gasteiger partial charge is 0.495 e. The van der Waals surface area contributed by atoms with E-state index in [2.05, 4.69) is 5.32 Å². The number of nitrogens with one attached hydrogen (secondary N) is 1. The molecule has 1 aromatic carbocycles. The summed E-state index contributed by atoms with van der Waals surface area (Å²) in [6, 6.07) is 4.35. The highest BCUT2D eigenvalue weighted by molar-refractivity contribution is 7.89. The zero-order valence-corrected chi connectivity index (χ0v) is 15.7. The maximum Gasteiger partial charge on any atom is 0.251 e. The summed E-state index contributed by atoms with van der Waals surface area (Å²) >= 11 is 0. The molecule has 0 aromatic heterocycles. The number of nitrogens with zero attached hydrogens (tertiary/aromatic N) is 1. The van der Waals surface area contributed by atoms with Crippen LogP contribution in [-0.4, -0.2) is 51.9 Å². The number of hydrogen-bond acceptors (Lipinski definition) is 5. The molecule has 0 saturated heterocycles. The minimum absolute atomic E-state index is 0.0472. The fraction of sp³-hybridized carbons (Fsp3) is 0.562. The Morgan fingerprint density at radius 1 is 1.29 bits per heavy atom. The van der Waals surface area contributed by atoms with Crippen LogP contribution in [0.5, 0.6) is 5.75 Å². The molecule has 0 aliphatic carbocycles. The number of hydrogen-bond donors (Lipinski definition) is 2. The fourth-order valence-corrected chi connectivity index (χ4v) is 3.37. The minimum atomic E-state index is -3.73. The van der Waals surface area contributed by atoms with Gasteiger partial charge in [-0.25, -0.2) is 12.7 Å². The van der Waals surface area contributed by atoms with Crippen LogP contribution < -0.4 is 15.8 Å². The van der Waals surface area contributed by atoms with Crippen molar-refractivity contribution in [3.05, 3.63) is 23.8 Å². The van der Waals surface area contributed by atoms with Gasteiger partial charge in [0.2, 0.25) is 10.0 Å². The maximum absolute atomic E-state index is 12.6. The van der Waals surface area contributed by atoms with Crippen molar-refractivity contribution in [2.24, 2.45) is 5.73 Å². The summed E-state index contributed by atoms with van der Waals surface area (Å²) in [7, 11) is 0.505. The predicted octanol–water partition coefficient (Wildman–Crippen LogP) is 1.19. The van der Waals surface area contributed by atoms with Crippen molar-refractivity contribution in [3.8, 4) is 5.75 Å². The quantitative estimate of drug-likeness (QED) is 0.728. The predicted molar refractivity (Wildman–Crippen MR) is 93.7 cm³/mol. The molecular formula is C16H27N3O4S. The van der Waals surface area contributed by atoms with Crippen molar-refractivity contribution in [3.63, 3.8) is 0 Å². The molecule has 0 heterocycles. The molecule has 0 saturated carbocycles. The van der Waals surface area contributed by atoms with Crippen LogP contribution in [-0.2, 0) is 10.0 Å². The van der Waals surface area contributed by atoms with Gasteiger partial charge in [-0.1, -0.05) is 13.8 Å². The van der Waals surface area contributed by atoms with E-state index in [0.717, 1.165) is 4.31 Å². The van der Waals surface area contributed by atoms with Crippen LogP contribution in [0.2, 0.25) is 0 Å². The second kappa shape index (κ2) is 7.96. The molecule has 0 spiro atoms. The van der Waals surface area contributed by atoms with Crippen molar-refractivity contribution in [2.75, 3.05) is 27.7 Å². The SMILES string of the molecule is CCC(CC)(CN)NC(=O)c1ccc(OC)c(S(=O)(=O)N(C)C)c1. The van der Waals surface area contributed by atoms with E-state index in [1.165, 1.54) is 39.4 Å².